The second kappa shape index (κ2) is 8.21. The van der Waals surface area contributed by atoms with Gasteiger partial charge in [0.15, 0.2) is 0 Å². The number of hydrogen-bond acceptors (Lipinski definition) is 3. The van der Waals surface area contributed by atoms with Crippen molar-refractivity contribution in [2.24, 2.45) is 0 Å². The SMILES string of the molecule is COc1cc(/C=C/c2ccccc2C)cc(OC)c1CN1CCCC1. The average Bonchev–Trinajstić information content (AvgIpc) is 3.14. The molecule has 2 aromatic carbocycles. The Bertz CT molecular complexity index is 720. The number of ether oxygens (including phenoxy) is 2. The Balaban J connectivity index is 1.89. The highest BCUT2D eigenvalue weighted by atomic mass is 16.5. The van der Waals surface area contributed by atoms with E-state index < -0.39 is 0 Å². The molecular weight excluding hydrogens is 310 g/mol. The predicted molar refractivity (Wildman–Crippen MR) is 104 cm³/mol. The maximum Gasteiger partial charge on any atom is 0.127 e. The molecule has 3 nitrogen and oxygen atoms in total. The van der Waals surface area contributed by atoms with E-state index in [1.165, 1.54) is 24.0 Å². The molecule has 0 aliphatic carbocycles. The molecular formula is C22H27NO2. The first-order valence-electron chi connectivity index (χ1n) is 8.92. The molecule has 0 unspecified atom stereocenters. The van der Waals surface area contributed by atoms with Crippen molar-refractivity contribution in [2.45, 2.75) is 26.3 Å². The lowest BCUT2D eigenvalue weighted by molar-refractivity contribution is 0.309. The molecule has 0 amide bonds. The van der Waals surface area contributed by atoms with Crippen LogP contribution in [0.2, 0.25) is 0 Å². The van der Waals surface area contributed by atoms with Crippen molar-refractivity contribution in [2.75, 3.05) is 27.3 Å². The summed E-state index contributed by atoms with van der Waals surface area (Å²) in [4.78, 5) is 2.46. The molecule has 1 heterocycles. The molecule has 0 radical (unpaired) electrons. The van der Waals surface area contributed by atoms with E-state index in [1.807, 2.05) is 0 Å². The van der Waals surface area contributed by atoms with Crippen LogP contribution in [0.15, 0.2) is 36.4 Å². The summed E-state index contributed by atoms with van der Waals surface area (Å²) >= 11 is 0. The average molecular weight is 337 g/mol. The summed E-state index contributed by atoms with van der Waals surface area (Å²) in [6.45, 7) is 5.32. The standard InChI is InChI=1S/C22H27NO2/c1-17-8-4-5-9-19(17)11-10-18-14-21(24-2)20(22(15-18)25-3)16-23-12-6-7-13-23/h4-5,8-11,14-15H,6-7,12-13,16H2,1-3H3/b11-10+. The third-order valence-electron chi connectivity index (χ3n) is 4.85. The minimum atomic E-state index is 0.883. The van der Waals surface area contributed by atoms with Gasteiger partial charge in [-0.25, -0.2) is 0 Å². The number of nitrogens with zero attached hydrogens (tertiary/aromatic N) is 1. The van der Waals surface area contributed by atoms with Crippen molar-refractivity contribution in [1.82, 2.24) is 4.90 Å². The van der Waals surface area contributed by atoms with Crippen LogP contribution in [-0.4, -0.2) is 32.2 Å². The van der Waals surface area contributed by atoms with E-state index in [4.69, 9.17) is 9.47 Å². The van der Waals surface area contributed by atoms with Crippen LogP contribution in [0.5, 0.6) is 11.5 Å². The molecule has 132 valence electrons. The maximum atomic E-state index is 5.67. The fraction of sp³-hybridized carbons (Fsp3) is 0.364. The molecule has 25 heavy (non-hydrogen) atoms. The molecule has 0 spiro atoms. The molecule has 0 N–H and O–H groups in total. The van der Waals surface area contributed by atoms with Crippen molar-refractivity contribution >= 4 is 12.2 Å². The van der Waals surface area contributed by atoms with Gasteiger partial charge in [-0.1, -0.05) is 36.4 Å². The third kappa shape index (κ3) is 4.23. The summed E-state index contributed by atoms with van der Waals surface area (Å²) in [6.07, 6.45) is 6.82. The molecule has 2 aromatic rings. The number of benzene rings is 2. The van der Waals surface area contributed by atoms with Crippen molar-refractivity contribution in [3.63, 3.8) is 0 Å². The van der Waals surface area contributed by atoms with Gasteiger partial charge < -0.3 is 9.47 Å². The minimum Gasteiger partial charge on any atom is -0.496 e. The molecule has 1 fully saturated rings. The quantitative estimate of drug-likeness (QED) is 0.708. The number of rotatable bonds is 6. The maximum absolute atomic E-state index is 5.67. The van der Waals surface area contributed by atoms with Gasteiger partial charge >= 0.3 is 0 Å². The van der Waals surface area contributed by atoms with Gasteiger partial charge in [-0.3, -0.25) is 4.90 Å². The van der Waals surface area contributed by atoms with Crippen molar-refractivity contribution in [1.29, 1.82) is 0 Å². The van der Waals surface area contributed by atoms with Crippen LogP contribution < -0.4 is 9.47 Å². The summed E-state index contributed by atoms with van der Waals surface area (Å²) in [5.74, 6) is 1.80. The van der Waals surface area contributed by atoms with Crippen LogP contribution in [0, 0.1) is 6.92 Å². The Kier molecular flexibility index (Phi) is 5.77. The van der Waals surface area contributed by atoms with Gasteiger partial charge in [0.1, 0.15) is 11.5 Å². The zero-order chi connectivity index (χ0) is 17.6. The van der Waals surface area contributed by atoms with Gasteiger partial charge in [0.25, 0.3) is 0 Å². The Hall–Kier alpha value is -2.26. The number of aryl methyl sites for hydroxylation is 1. The second-order valence-electron chi connectivity index (χ2n) is 6.58. The first kappa shape index (κ1) is 17.6. The molecule has 1 aliphatic heterocycles. The molecule has 0 bridgehead atoms. The number of likely N-dealkylation sites (tertiary alicyclic amines) is 1. The van der Waals surface area contributed by atoms with Crippen LogP contribution >= 0.6 is 0 Å². The van der Waals surface area contributed by atoms with E-state index in [0.717, 1.165) is 42.3 Å². The van der Waals surface area contributed by atoms with Crippen LogP contribution in [0.3, 0.4) is 0 Å². The van der Waals surface area contributed by atoms with Gasteiger partial charge in [0.2, 0.25) is 0 Å². The normalized spacial score (nSPS) is 15.0. The van der Waals surface area contributed by atoms with Crippen LogP contribution in [0.4, 0.5) is 0 Å². The lowest BCUT2D eigenvalue weighted by Gasteiger charge is -2.20. The number of hydrogen-bond donors (Lipinski definition) is 0. The first-order valence-corrected chi connectivity index (χ1v) is 8.92. The highest BCUT2D eigenvalue weighted by molar-refractivity contribution is 5.73. The summed E-state index contributed by atoms with van der Waals surface area (Å²) in [5, 5.41) is 0. The zero-order valence-electron chi connectivity index (χ0n) is 15.4. The summed E-state index contributed by atoms with van der Waals surface area (Å²) < 4.78 is 11.3. The van der Waals surface area contributed by atoms with E-state index in [1.54, 1.807) is 14.2 Å². The summed E-state index contributed by atoms with van der Waals surface area (Å²) in [5.41, 5.74) is 4.71. The fourth-order valence-electron chi connectivity index (χ4n) is 3.38. The smallest absolute Gasteiger partial charge is 0.127 e. The molecule has 1 saturated heterocycles. The molecule has 0 saturated carbocycles. The molecule has 3 rings (SSSR count). The van der Waals surface area contributed by atoms with E-state index in [2.05, 4.69) is 60.4 Å². The molecule has 1 aliphatic rings. The topological polar surface area (TPSA) is 21.7 Å². The van der Waals surface area contributed by atoms with Gasteiger partial charge in [0.05, 0.1) is 19.8 Å². The second-order valence-corrected chi connectivity index (χ2v) is 6.58. The highest BCUT2D eigenvalue weighted by Crippen LogP contribution is 2.33. The van der Waals surface area contributed by atoms with Crippen molar-refractivity contribution in [3.05, 3.63) is 58.7 Å². The Morgan fingerprint density at radius 2 is 1.60 bits per heavy atom. The molecule has 0 aromatic heterocycles. The highest BCUT2D eigenvalue weighted by Gasteiger charge is 2.18. The summed E-state index contributed by atoms with van der Waals surface area (Å²) in [6, 6.07) is 12.6. The Labute approximate surface area is 150 Å². The van der Waals surface area contributed by atoms with E-state index in [0.29, 0.717) is 0 Å². The minimum absolute atomic E-state index is 0.883. The van der Waals surface area contributed by atoms with Crippen LogP contribution in [0.1, 0.15) is 35.1 Å². The Morgan fingerprint density at radius 3 is 2.20 bits per heavy atom. The lowest BCUT2D eigenvalue weighted by atomic mass is 10.0. The van der Waals surface area contributed by atoms with Crippen molar-refractivity contribution < 1.29 is 9.47 Å². The van der Waals surface area contributed by atoms with E-state index in [-0.39, 0.29) is 0 Å². The van der Waals surface area contributed by atoms with Gasteiger partial charge in [-0.15, -0.1) is 0 Å². The monoisotopic (exact) mass is 337 g/mol. The van der Waals surface area contributed by atoms with Crippen LogP contribution in [0.25, 0.3) is 12.2 Å². The van der Waals surface area contributed by atoms with Gasteiger partial charge in [-0.2, -0.15) is 0 Å². The molecule has 3 heteroatoms. The first-order chi connectivity index (χ1) is 12.2. The van der Waals surface area contributed by atoms with E-state index >= 15 is 0 Å². The number of methoxy groups -OCH3 is 2. The van der Waals surface area contributed by atoms with Gasteiger partial charge in [-0.05, 0) is 61.7 Å². The predicted octanol–water partition coefficient (Wildman–Crippen LogP) is 4.78. The largest absolute Gasteiger partial charge is 0.496 e. The van der Waals surface area contributed by atoms with Crippen LogP contribution in [-0.2, 0) is 6.54 Å². The zero-order valence-corrected chi connectivity index (χ0v) is 15.4. The molecule has 0 atom stereocenters. The van der Waals surface area contributed by atoms with Crippen molar-refractivity contribution in [3.8, 4) is 11.5 Å². The van der Waals surface area contributed by atoms with E-state index in [9.17, 15) is 0 Å². The fourth-order valence-corrected chi connectivity index (χ4v) is 3.38. The van der Waals surface area contributed by atoms with Gasteiger partial charge in [0, 0.05) is 6.54 Å². The summed E-state index contributed by atoms with van der Waals surface area (Å²) in [7, 11) is 3.47. The lowest BCUT2D eigenvalue weighted by Crippen LogP contribution is -2.19. The Morgan fingerprint density at radius 1 is 0.960 bits per heavy atom. The third-order valence-corrected chi connectivity index (χ3v) is 4.85.